The summed E-state index contributed by atoms with van der Waals surface area (Å²) in [6.45, 7) is 0. The number of H-pyrrole nitrogens is 1. The first-order chi connectivity index (χ1) is 10.2. The van der Waals surface area contributed by atoms with Gasteiger partial charge in [-0.25, -0.2) is 4.98 Å². The molecule has 4 rings (SSSR count). The van der Waals surface area contributed by atoms with Crippen LogP contribution in [0.5, 0.6) is 5.75 Å². The van der Waals surface area contributed by atoms with Crippen LogP contribution in [0, 0.1) is 0 Å². The Hall–Kier alpha value is -1.88. The third-order valence-electron chi connectivity index (χ3n) is 4.21. The number of aromatic hydroxyl groups is 1. The minimum absolute atomic E-state index is 0.0455. The van der Waals surface area contributed by atoms with Crippen LogP contribution in [-0.4, -0.2) is 15.1 Å². The number of pyridine rings is 2. The summed E-state index contributed by atoms with van der Waals surface area (Å²) in [5.74, 6) is 0.0455. The van der Waals surface area contributed by atoms with E-state index in [1.165, 1.54) is 54.3 Å². The van der Waals surface area contributed by atoms with Crippen molar-refractivity contribution in [3.05, 3.63) is 33.7 Å². The van der Waals surface area contributed by atoms with Crippen LogP contribution in [0.1, 0.15) is 36.9 Å². The standard InChI is InChI=1S/C16H16N2O2S/c19-12-8-13(20)18-14-10-7-9-5-3-1-2-4-6-11(9)17-16(10)21-15(12)14/h7-8H,1-6H2,(H2,18,19,20). The summed E-state index contributed by atoms with van der Waals surface area (Å²) < 4.78 is 0.718. The Morgan fingerprint density at radius 2 is 1.95 bits per heavy atom. The molecule has 2 N–H and O–H groups in total. The van der Waals surface area contributed by atoms with E-state index in [0.717, 1.165) is 33.3 Å². The van der Waals surface area contributed by atoms with E-state index in [-0.39, 0.29) is 11.3 Å². The lowest BCUT2D eigenvalue weighted by Gasteiger charge is -2.12. The van der Waals surface area contributed by atoms with Crippen molar-refractivity contribution in [1.82, 2.24) is 9.97 Å². The van der Waals surface area contributed by atoms with Gasteiger partial charge in [0.05, 0.1) is 10.2 Å². The molecule has 0 aliphatic heterocycles. The molecular formula is C16H16N2O2S. The second-order valence-electron chi connectivity index (χ2n) is 5.69. The molecule has 3 heterocycles. The van der Waals surface area contributed by atoms with Crippen LogP contribution in [0.25, 0.3) is 20.4 Å². The Kier molecular flexibility index (Phi) is 2.96. The van der Waals surface area contributed by atoms with Crippen molar-refractivity contribution in [3.63, 3.8) is 0 Å². The SMILES string of the molecule is O=c1cc(O)c2sc3nc4c(cc3c2[nH]1)CCCCCC4. The zero-order valence-electron chi connectivity index (χ0n) is 11.6. The summed E-state index contributed by atoms with van der Waals surface area (Å²) in [6, 6.07) is 3.39. The lowest BCUT2D eigenvalue weighted by molar-refractivity contribution is 0.481. The van der Waals surface area contributed by atoms with Crippen LogP contribution in [0.2, 0.25) is 0 Å². The Bertz CT molecular complexity index is 895. The predicted molar refractivity (Wildman–Crippen MR) is 85.3 cm³/mol. The van der Waals surface area contributed by atoms with E-state index in [4.69, 9.17) is 4.98 Å². The number of aromatic nitrogens is 2. The van der Waals surface area contributed by atoms with E-state index in [0.29, 0.717) is 0 Å². The molecule has 3 aromatic heterocycles. The van der Waals surface area contributed by atoms with Crippen LogP contribution in [0.15, 0.2) is 16.9 Å². The quantitative estimate of drug-likeness (QED) is 0.668. The van der Waals surface area contributed by atoms with Gasteiger partial charge in [-0.2, -0.15) is 0 Å². The number of thiophene rings is 1. The maximum absolute atomic E-state index is 11.6. The molecule has 21 heavy (non-hydrogen) atoms. The van der Waals surface area contributed by atoms with Gasteiger partial charge in [-0.05, 0) is 37.3 Å². The fourth-order valence-corrected chi connectivity index (χ4v) is 4.20. The highest BCUT2D eigenvalue weighted by atomic mass is 32.1. The van der Waals surface area contributed by atoms with E-state index < -0.39 is 0 Å². The van der Waals surface area contributed by atoms with E-state index in [9.17, 15) is 9.90 Å². The number of aromatic amines is 1. The Morgan fingerprint density at radius 1 is 1.14 bits per heavy atom. The number of nitrogens with zero attached hydrogens (tertiary/aromatic N) is 1. The molecule has 0 aromatic carbocycles. The van der Waals surface area contributed by atoms with Crippen LogP contribution in [0.3, 0.4) is 0 Å². The average Bonchev–Trinajstić information content (AvgIpc) is 2.77. The number of rotatable bonds is 0. The first-order valence-electron chi connectivity index (χ1n) is 7.40. The highest BCUT2D eigenvalue weighted by Gasteiger charge is 2.15. The first kappa shape index (κ1) is 12.8. The Labute approximate surface area is 125 Å². The summed E-state index contributed by atoms with van der Waals surface area (Å²) in [5, 5.41) is 10.9. The van der Waals surface area contributed by atoms with Crippen LogP contribution < -0.4 is 5.56 Å². The molecule has 0 radical (unpaired) electrons. The third kappa shape index (κ3) is 2.12. The minimum Gasteiger partial charge on any atom is -0.506 e. The normalized spacial score (nSPS) is 15.8. The summed E-state index contributed by atoms with van der Waals surface area (Å²) in [5.41, 5.74) is 2.94. The molecule has 0 amide bonds. The molecule has 0 saturated carbocycles. The summed E-state index contributed by atoms with van der Waals surface area (Å²) in [7, 11) is 0. The summed E-state index contributed by atoms with van der Waals surface area (Å²) >= 11 is 1.45. The zero-order chi connectivity index (χ0) is 14.4. The second-order valence-corrected chi connectivity index (χ2v) is 6.69. The second kappa shape index (κ2) is 4.84. The van der Waals surface area contributed by atoms with Gasteiger partial charge in [-0.15, -0.1) is 11.3 Å². The predicted octanol–water partition coefficient (Wildman–Crippen LogP) is 3.50. The molecule has 0 unspecified atom stereocenters. The fourth-order valence-electron chi connectivity index (χ4n) is 3.15. The molecule has 4 nitrogen and oxygen atoms in total. The smallest absolute Gasteiger partial charge is 0.252 e. The van der Waals surface area contributed by atoms with Crippen molar-refractivity contribution in [2.45, 2.75) is 38.5 Å². The molecule has 1 aliphatic carbocycles. The van der Waals surface area contributed by atoms with E-state index in [2.05, 4.69) is 11.1 Å². The largest absolute Gasteiger partial charge is 0.506 e. The molecule has 3 aromatic rings. The van der Waals surface area contributed by atoms with E-state index in [1.807, 2.05) is 0 Å². The van der Waals surface area contributed by atoms with Gasteiger partial charge in [0.1, 0.15) is 10.6 Å². The highest BCUT2D eigenvalue weighted by Crippen LogP contribution is 2.37. The topological polar surface area (TPSA) is 66.0 Å². The lowest BCUT2D eigenvalue weighted by atomic mass is 9.96. The highest BCUT2D eigenvalue weighted by molar-refractivity contribution is 7.25. The van der Waals surface area contributed by atoms with Gasteiger partial charge in [0.25, 0.3) is 5.56 Å². The zero-order valence-corrected chi connectivity index (χ0v) is 12.4. The van der Waals surface area contributed by atoms with E-state index >= 15 is 0 Å². The van der Waals surface area contributed by atoms with Crippen molar-refractivity contribution in [1.29, 1.82) is 0 Å². The van der Waals surface area contributed by atoms with Crippen molar-refractivity contribution in [3.8, 4) is 5.75 Å². The van der Waals surface area contributed by atoms with Gasteiger partial charge in [0.2, 0.25) is 0 Å². The maximum atomic E-state index is 11.6. The molecule has 5 heteroatoms. The van der Waals surface area contributed by atoms with Gasteiger partial charge in [-0.1, -0.05) is 12.8 Å². The lowest BCUT2D eigenvalue weighted by Crippen LogP contribution is -2.03. The molecule has 1 aliphatic rings. The molecule has 0 atom stereocenters. The van der Waals surface area contributed by atoms with Crippen molar-refractivity contribution in [2.24, 2.45) is 0 Å². The third-order valence-corrected chi connectivity index (χ3v) is 5.33. The first-order valence-corrected chi connectivity index (χ1v) is 8.21. The fraction of sp³-hybridized carbons (Fsp3) is 0.375. The number of aryl methyl sites for hydroxylation is 2. The van der Waals surface area contributed by atoms with E-state index in [1.54, 1.807) is 0 Å². The monoisotopic (exact) mass is 300 g/mol. The van der Waals surface area contributed by atoms with Crippen molar-refractivity contribution < 1.29 is 5.11 Å². The Morgan fingerprint density at radius 3 is 2.81 bits per heavy atom. The summed E-state index contributed by atoms with van der Waals surface area (Å²) in [4.78, 5) is 20.2. The number of hydrogen-bond donors (Lipinski definition) is 2. The van der Waals surface area contributed by atoms with Crippen molar-refractivity contribution in [2.75, 3.05) is 0 Å². The van der Waals surface area contributed by atoms with Crippen LogP contribution >= 0.6 is 11.3 Å². The summed E-state index contributed by atoms with van der Waals surface area (Å²) in [6.07, 6.45) is 7.03. The van der Waals surface area contributed by atoms with Crippen LogP contribution in [-0.2, 0) is 12.8 Å². The number of fused-ring (bicyclic) bond motifs is 4. The van der Waals surface area contributed by atoms with Gasteiger partial charge >= 0.3 is 0 Å². The minimum atomic E-state index is -0.272. The number of hydrogen-bond acceptors (Lipinski definition) is 4. The van der Waals surface area contributed by atoms with Gasteiger partial charge in [0.15, 0.2) is 0 Å². The molecule has 0 bridgehead atoms. The molecular weight excluding hydrogens is 284 g/mol. The molecule has 0 fully saturated rings. The maximum Gasteiger partial charge on any atom is 0.252 e. The molecule has 0 spiro atoms. The van der Waals surface area contributed by atoms with Gasteiger partial charge in [-0.3, -0.25) is 4.79 Å². The average molecular weight is 300 g/mol. The Balaban J connectivity index is 2.03. The molecule has 0 saturated heterocycles. The van der Waals surface area contributed by atoms with Crippen molar-refractivity contribution >= 4 is 31.8 Å². The van der Waals surface area contributed by atoms with Crippen LogP contribution in [0.4, 0.5) is 0 Å². The number of nitrogens with one attached hydrogen (secondary N) is 1. The molecule has 108 valence electrons. The van der Waals surface area contributed by atoms with Gasteiger partial charge < -0.3 is 10.1 Å². The van der Waals surface area contributed by atoms with Gasteiger partial charge in [0, 0.05) is 17.1 Å².